The van der Waals surface area contributed by atoms with Gasteiger partial charge in [-0.05, 0) is 55.2 Å². The minimum Gasteiger partial charge on any atom is -0.383 e. The number of nitrogens with one attached hydrogen (secondary N) is 2. The molecule has 0 unspecified atom stereocenters. The lowest BCUT2D eigenvalue weighted by atomic mass is 10.1. The Labute approximate surface area is 246 Å². The van der Waals surface area contributed by atoms with Crippen LogP contribution < -0.4 is 10.6 Å². The van der Waals surface area contributed by atoms with Crippen molar-refractivity contribution in [2.45, 2.75) is 25.8 Å². The minimum atomic E-state index is 0.0935. The second kappa shape index (κ2) is 13.2. The van der Waals surface area contributed by atoms with Crippen LogP contribution in [0.25, 0.3) is 22.5 Å². The van der Waals surface area contributed by atoms with Gasteiger partial charge in [-0.2, -0.15) is 5.10 Å². The maximum absolute atomic E-state index is 12.2. The third-order valence-electron chi connectivity index (χ3n) is 7.60. The topological polar surface area (TPSA) is 106 Å². The highest BCUT2D eigenvalue weighted by atomic mass is 16.5. The lowest BCUT2D eigenvalue weighted by Gasteiger charge is -2.26. The minimum absolute atomic E-state index is 0.0935. The van der Waals surface area contributed by atoms with E-state index in [4.69, 9.17) is 19.6 Å². The molecule has 2 aliphatic rings. The molecule has 1 saturated heterocycles. The van der Waals surface area contributed by atoms with E-state index in [2.05, 4.69) is 38.7 Å². The number of anilines is 3. The van der Waals surface area contributed by atoms with Crippen molar-refractivity contribution in [1.82, 2.24) is 24.6 Å². The molecule has 2 aromatic carbocycles. The first-order valence-electron chi connectivity index (χ1n) is 14.6. The van der Waals surface area contributed by atoms with E-state index in [1.54, 1.807) is 13.3 Å². The van der Waals surface area contributed by atoms with Crippen molar-refractivity contribution in [2.75, 3.05) is 57.2 Å². The van der Waals surface area contributed by atoms with Gasteiger partial charge in [0.25, 0.3) is 0 Å². The number of methoxy groups -OCH3 is 1. The van der Waals surface area contributed by atoms with E-state index in [-0.39, 0.29) is 11.8 Å². The van der Waals surface area contributed by atoms with Crippen LogP contribution in [0.15, 0.2) is 67.0 Å². The van der Waals surface area contributed by atoms with Crippen molar-refractivity contribution in [3.63, 3.8) is 0 Å². The molecule has 2 aromatic heterocycles. The molecule has 0 radical (unpaired) electrons. The number of aromatic nitrogens is 4. The summed E-state index contributed by atoms with van der Waals surface area (Å²) in [5, 5.41) is 11.3. The zero-order chi connectivity index (χ0) is 28.7. The quantitative estimate of drug-likeness (QED) is 0.256. The highest BCUT2D eigenvalue weighted by Gasteiger charge is 2.29. The average Bonchev–Trinajstić information content (AvgIpc) is 3.80. The third-order valence-corrected chi connectivity index (χ3v) is 7.60. The molecule has 0 atom stereocenters. The zero-order valence-corrected chi connectivity index (χ0v) is 24.0. The fourth-order valence-corrected chi connectivity index (χ4v) is 5.04. The summed E-state index contributed by atoms with van der Waals surface area (Å²) in [7, 11) is 1.68. The molecule has 1 aliphatic heterocycles. The molecule has 6 rings (SSSR count). The van der Waals surface area contributed by atoms with Gasteiger partial charge in [-0.15, -0.1) is 0 Å². The highest BCUT2D eigenvalue weighted by molar-refractivity contribution is 5.94. The number of nitrogens with zero attached hydrogens (tertiary/aromatic N) is 5. The number of rotatable bonds is 12. The van der Waals surface area contributed by atoms with Crippen LogP contribution in [0.4, 0.5) is 17.3 Å². The van der Waals surface area contributed by atoms with Gasteiger partial charge >= 0.3 is 0 Å². The fraction of sp³-hybridized carbons (Fsp3) is 0.375. The lowest BCUT2D eigenvalue weighted by Crippen LogP contribution is -2.37. The van der Waals surface area contributed by atoms with Crippen LogP contribution in [0.2, 0.25) is 0 Å². The summed E-state index contributed by atoms with van der Waals surface area (Å²) in [6.07, 6.45) is 6.68. The van der Waals surface area contributed by atoms with Crippen molar-refractivity contribution in [2.24, 2.45) is 5.92 Å². The second-order valence-electron chi connectivity index (χ2n) is 10.8. The predicted molar refractivity (Wildman–Crippen MR) is 163 cm³/mol. The van der Waals surface area contributed by atoms with Gasteiger partial charge in [0.2, 0.25) is 11.9 Å². The van der Waals surface area contributed by atoms with Crippen LogP contribution in [0, 0.1) is 5.92 Å². The van der Waals surface area contributed by atoms with E-state index in [0.29, 0.717) is 19.1 Å². The number of hydrogen-bond acceptors (Lipinski definition) is 8. The van der Waals surface area contributed by atoms with E-state index >= 15 is 0 Å². The molecule has 2 fully saturated rings. The number of carbonyl (C=O) groups excluding carboxylic acids is 1. The monoisotopic (exact) mass is 567 g/mol. The number of morpholine rings is 1. The number of benzene rings is 2. The van der Waals surface area contributed by atoms with E-state index in [9.17, 15) is 4.79 Å². The van der Waals surface area contributed by atoms with Gasteiger partial charge in [-0.1, -0.05) is 24.3 Å². The summed E-state index contributed by atoms with van der Waals surface area (Å²) in [6, 6.07) is 18.1. The molecular weight excluding hydrogens is 530 g/mol. The molecule has 0 spiro atoms. The van der Waals surface area contributed by atoms with Crippen molar-refractivity contribution >= 4 is 23.2 Å². The molecule has 1 amide bonds. The van der Waals surface area contributed by atoms with Crippen LogP contribution in [-0.4, -0.2) is 77.1 Å². The van der Waals surface area contributed by atoms with E-state index in [0.717, 1.165) is 86.0 Å². The predicted octanol–water partition coefficient (Wildman–Crippen LogP) is 4.62. The Morgan fingerprint density at radius 1 is 1.05 bits per heavy atom. The first-order chi connectivity index (χ1) is 20.6. The summed E-state index contributed by atoms with van der Waals surface area (Å²) in [4.78, 5) is 24.0. The van der Waals surface area contributed by atoms with E-state index in [1.807, 2.05) is 47.3 Å². The van der Waals surface area contributed by atoms with Gasteiger partial charge in [0, 0.05) is 67.6 Å². The molecule has 2 N–H and O–H groups in total. The van der Waals surface area contributed by atoms with Crippen molar-refractivity contribution in [1.29, 1.82) is 0 Å². The molecule has 3 heterocycles. The molecule has 1 saturated carbocycles. The van der Waals surface area contributed by atoms with Gasteiger partial charge in [0.15, 0.2) is 0 Å². The van der Waals surface area contributed by atoms with E-state index in [1.165, 1.54) is 5.56 Å². The van der Waals surface area contributed by atoms with Gasteiger partial charge < -0.3 is 20.1 Å². The Morgan fingerprint density at radius 2 is 1.88 bits per heavy atom. The molecule has 218 valence electrons. The van der Waals surface area contributed by atoms with Crippen LogP contribution in [0.1, 0.15) is 18.4 Å². The number of amides is 1. The van der Waals surface area contributed by atoms with Gasteiger partial charge in [-0.3, -0.25) is 14.4 Å². The zero-order valence-electron chi connectivity index (χ0n) is 24.0. The molecular formula is C32H37N7O3. The fourth-order valence-electron chi connectivity index (χ4n) is 5.04. The molecule has 10 heteroatoms. The standard InChI is InChI=1S/C32H37N7O3/c1-41-18-17-39-22-28(30(37-39)24-7-9-26(10-8-24)34-31(40)25-5-6-25)29-11-13-33-32(36-29)35-27-4-2-3-23(21-27)12-14-38-15-19-42-20-16-38/h2-4,7-11,13,21-22,25H,5-6,12,14-20H2,1H3,(H,34,40)(H,33,35,36). The average molecular weight is 568 g/mol. The van der Waals surface area contributed by atoms with Crippen LogP contribution in [0.3, 0.4) is 0 Å². The van der Waals surface area contributed by atoms with Gasteiger partial charge in [0.05, 0.1) is 32.1 Å². The lowest BCUT2D eigenvalue weighted by molar-refractivity contribution is -0.117. The van der Waals surface area contributed by atoms with Gasteiger partial charge in [-0.25, -0.2) is 9.97 Å². The van der Waals surface area contributed by atoms with Crippen molar-refractivity contribution < 1.29 is 14.3 Å². The van der Waals surface area contributed by atoms with Crippen LogP contribution in [-0.2, 0) is 27.2 Å². The number of ether oxygens (including phenoxy) is 2. The van der Waals surface area contributed by atoms with Gasteiger partial charge in [0.1, 0.15) is 5.69 Å². The molecule has 0 bridgehead atoms. The van der Waals surface area contributed by atoms with E-state index < -0.39 is 0 Å². The largest absolute Gasteiger partial charge is 0.383 e. The van der Waals surface area contributed by atoms with Crippen molar-refractivity contribution in [3.8, 4) is 22.5 Å². The maximum Gasteiger partial charge on any atom is 0.227 e. The third kappa shape index (κ3) is 7.20. The summed E-state index contributed by atoms with van der Waals surface area (Å²) in [5.41, 5.74) is 6.41. The Hall–Kier alpha value is -4.12. The van der Waals surface area contributed by atoms with Crippen LogP contribution >= 0.6 is 0 Å². The Balaban J connectivity index is 1.20. The summed E-state index contributed by atoms with van der Waals surface area (Å²) >= 11 is 0. The first kappa shape index (κ1) is 28.0. The summed E-state index contributed by atoms with van der Waals surface area (Å²) in [6.45, 7) is 5.78. The Morgan fingerprint density at radius 3 is 2.67 bits per heavy atom. The molecule has 10 nitrogen and oxygen atoms in total. The Bertz CT molecular complexity index is 1490. The highest BCUT2D eigenvalue weighted by Crippen LogP contribution is 2.33. The Kier molecular flexibility index (Phi) is 8.83. The smallest absolute Gasteiger partial charge is 0.227 e. The molecule has 42 heavy (non-hydrogen) atoms. The SMILES string of the molecule is COCCn1cc(-c2ccnc(Nc3cccc(CCN4CCOCC4)c3)n2)c(-c2ccc(NC(=O)C3CC3)cc2)n1. The molecule has 1 aliphatic carbocycles. The first-order valence-corrected chi connectivity index (χ1v) is 14.6. The maximum atomic E-state index is 12.2. The molecule has 4 aromatic rings. The van der Waals surface area contributed by atoms with Crippen LogP contribution in [0.5, 0.6) is 0 Å². The second-order valence-corrected chi connectivity index (χ2v) is 10.8. The summed E-state index contributed by atoms with van der Waals surface area (Å²) in [5.74, 6) is 0.772. The summed E-state index contributed by atoms with van der Waals surface area (Å²) < 4.78 is 12.6. The van der Waals surface area contributed by atoms with Crippen molar-refractivity contribution in [3.05, 3.63) is 72.6 Å². The normalized spacial score (nSPS) is 15.5. The number of hydrogen-bond donors (Lipinski definition) is 2. The number of carbonyl (C=O) groups is 1.